The SMILES string of the molecule is c1ccc(-c2ccc(N(c3ccc(-c4cccc5ccccc45)cc3)c3ccccc3-c3cccc4c3sc3c5ccccc5n(-c5ccccc5)c43)cc2)cc1. The molecule has 0 spiro atoms. The standard InChI is InChI=1S/C54H36N2S/c1-3-15-37(16-4-1)38-29-33-42(34-30-38)55(43-35-31-40(32-36-43)45-24-13-18-39-17-7-8-21-44(39)45)50-27-11-9-22-46(50)47-25-14-26-49-52-54(57-53(47)49)48-23-10-12-28-51(48)56(52)41-19-5-2-6-20-41/h1-36H. The Morgan fingerprint density at radius 3 is 1.68 bits per heavy atom. The number of rotatable bonds is 7. The lowest BCUT2D eigenvalue weighted by molar-refractivity contribution is 1.19. The molecule has 0 saturated heterocycles. The van der Waals surface area contributed by atoms with Gasteiger partial charge in [0.1, 0.15) is 0 Å². The predicted molar refractivity (Wildman–Crippen MR) is 245 cm³/mol. The molecule has 0 saturated carbocycles. The van der Waals surface area contributed by atoms with E-state index >= 15 is 0 Å². The van der Waals surface area contributed by atoms with Crippen molar-refractivity contribution in [1.82, 2.24) is 4.57 Å². The summed E-state index contributed by atoms with van der Waals surface area (Å²) < 4.78 is 5.04. The Morgan fingerprint density at radius 1 is 0.351 bits per heavy atom. The minimum Gasteiger partial charge on any atom is -0.310 e. The Hall–Kier alpha value is -7.20. The van der Waals surface area contributed by atoms with E-state index in [1.165, 1.54) is 81.0 Å². The highest BCUT2D eigenvalue weighted by Crippen LogP contribution is 2.49. The first kappa shape index (κ1) is 33.2. The summed E-state index contributed by atoms with van der Waals surface area (Å²) in [4.78, 5) is 2.42. The molecule has 57 heavy (non-hydrogen) atoms. The van der Waals surface area contributed by atoms with Gasteiger partial charge in [-0.25, -0.2) is 0 Å². The molecule has 0 N–H and O–H groups in total. The Kier molecular flexibility index (Phi) is 8.04. The van der Waals surface area contributed by atoms with Crippen LogP contribution in [0.4, 0.5) is 17.1 Å². The maximum Gasteiger partial charge on any atom is 0.0727 e. The molecule has 2 heterocycles. The van der Waals surface area contributed by atoms with Crippen molar-refractivity contribution < 1.29 is 0 Å². The smallest absolute Gasteiger partial charge is 0.0727 e. The van der Waals surface area contributed by atoms with E-state index in [-0.39, 0.29) is 0 Å². The van der Waals surface area contributed by atoms with E-state index in [9.17, 15) is 0 Å². The Balaban J connectivity index is 1.10. The van der Waals surface area contributed by atoms with Crippen molar-refractivity contribution in [2.24, 2.45) is 0 Å². The zero-order valence-electron chi connectivity index (χ0n) is 31.1. The van der Waals surface area contributed by atoms with Crippen LogP contribution in [0, 0.1) is 0 Å². The van der Waals surface area contributed by atoms with Gasteiger partial charge in [-0.15, -0.1) is 11.3 Å². The van der Waals surface area contributed by atoms with Gasteiger partial charge in [0, 0.05) is 43.7 Å². The fraction of sp³-hybridized carbons (Fsp3) is 0. The molecule has 11 aromatic rings. The molecule has 11 rings (SSSR count). The third-order valence-electron chi connectivity index (χ3n) is 11.2. The number of aromatic nitrogens is 1. The van der Waals surface area contributed by atoms with Crippen molar-refractivity contribution in [2.75, 3.05) is 4.90 Å². The second-order valence-corrected chi connectivity index (χ2v) is 15.5. The van der Waals surface area contributed by atoms with Crippen LogP contribution in [0.2, 0.25) is 0 Å². The van der Waals surface area contributed by atoms with E-state index in [0.29, 0.717) is 0 Å². The van der Waals surface area contributed by atoms with Gasteiger partial charge in [0.05, 0.1) is 21.4 Å². The average Bonchev–Trinajstić information content (AvgIpc) is 3.83. The molecular formula is C54H36N2S. The van der Waals surface area contributed by atoms with Crippen molar-refractivity contribution in [2.45, 2.75) is 0 Å². The van der Waals surface area contributed by atoms with Crippen LogP contribution < -0.4 is 4.90 Å². The lowest BCUT2D eigenvalue weighted by atomic mass is 9.97. The first-order chi connectivity index (χ1) is 28.3. The summed E-state index contributed by atoms with van der Waals surface area (Å²) in [6.07, 6.45) is 0. The van der Waals surface area contributed by atoms with Crippen molar-refractivity contribution in [3.05, 3.63) is 218 Å². The van der Waals surface area contributed by atoms with Crippen LogP contribution in [0.25, 0.3) is 81.0 Å². The molecule has 0 atom stereocenters. The highest BCUT2D eigenvalue weighted by atomic mass is 32.1. The largest absolute Gasteiger partial charge is 0.310 e. The quantitative estimate of drug-likeness (QED) is 0.158. The number of nitrogens with zero attached hydrogens (tertiary/aromatic N) is 2. The Bertz CT molecular complexity index is 3210. The van der Waals surface area contributed by atoms with Gasteiger partial charge in [-0.05, 0) is 81.6 Å². The first-order valence-corrected chi connectivity index (χ1v) is 20.3. The summed E-state index contributed by atoms with van der Waals surface area (Å²) in [6.45, 7) is 0. The second-order valence-electron chi connectivity index (χ2n) is 14.5. The third kappa shape index (κ3) is 5.63. The monoisotopic (exact) mass is 744 g/mol. The number of para-hydroxylation sites is 3. The van der Waals surface area contributed by atoms with Crippen molar-refractivity contribution >= 4 is 70.4 Å². The van der Waals surface area contributed by atoms with Crippen LogP contribution in [-0.2, 0) is 0 Å². The molecule has 9 aromatic carbocycles. The van der Waals surface area contributed by atoms with Gasteiger partial charge in [-0.1, -0.05) is 170 Å². The van der Waals surface area contributed by atoms with Crippen LogP contribution in [0.3, 0.4) is 0 Å². The summed E-state index contributed by atoms with van der Waals surface area (Å²) >= 11 is 1.90. The third-order valence-corrected chi connectivity index (χ3v) is 12.5. The van der Waals surface area contributed by atoms with Crippen molar-refractivity contribution in [3.63, 3.8) is 0 Å². The second kappa shape index (κ2) is 13.8. The first-order valence-electron chi connectivity index (χ1n) is 19.4. The molecule has 0 aliphatic carbocycles. The van der Waals surface area contributed by atoms with Gasteiger partial charge in [-0.2, -0.15) is 0 Å². The zero-order chi connectivity index (χ0) is 37.7. The van der Waals surface area contributed by atoms with Crippen molar-refractivity contribution in [3.8, 4) is 39.1 Å². The Morgan fingerprint density at radius 2 is 0.895 bits per heavy atom. The maximum absolute atomic E-state index is 2.44. The van der Waals surface area contributed by atoms with Crippen LogP contribution in [0.15, 0.2) is 218 Å². The van der Waals surface area contributed by atoms with Gasteiger partial charge >= 0.3 is 0 Å². The average molecular weight is 745 g/mol. The number of benzene rings is 9. The number of hydrogen-bond acceptors (Lipinski definition) is 2. The molecule has 3 heteroatoms. The molecule has 0 amide bonds. The van der Waals surface area contributed by atoms with Crippen molar-refractivity contribution in [1.29, 1.82) is 0 Å². The van der Waals surface area contributed by atoms with Crippen LogP contribution in [0.1, 0.15) is 0 Å². The van der Waals surface area contributed by atoms with Gasteiger partial charge < -0.3 is 9.47 Å². The fourth-order valence-electron chi connectivity index (χ4n) is 8.57. The summed E-state index contributed by atoms with van der Waals surface area (Å²) in [5.74, 6) is 0. The summed E-state index contributed by atoms with van der Waals surface area (Å²) in [5.41, 5.74) is 14.3. The van der Waals surface area contributed by atoms with Gasteiger partial charge in [0.15, 0.2) is 0 Å². The highest BCUT2D eigenvalue weighted by molar-refractivity contribution is 7.27. The predicted octanol–water partition coefficient (Wildman–Crippen LogP) is 15.6. The minimum atomic E-state index is 1.10. The topological polar surface area (TPSA) is 8.17 Å². The van der Waals surface area contributed by atoms with Gasteiger partial charge in [-0.3, -0.25) is 0 Å². The molecular weight excluding hydrogens is 709 g/mol. The fourth-order valence-corrected chi connectivity index (χ4v) is 9.92. The van der Waals surface area contributed by atoms with E-state index < -0.39 is 0 Å². The lowest BCUT2D eigenvalue weighted by Crippen LogP contribution is -2.11. The molecule has 0 aliphatic heterocycles. The van der Waals surface area contributed by atoms with Crippen LogP contribution in [-0.4, -0.2) is 4.57 Å². The van der Waals surface area contributed by atoms with E-state index in [1.807, 2.05) is 11.3 Å². The number of anilines is 3. The summed E-state index contributed by atoms with van der Waals surface area (Å²) in [7, 11) is 0. The molecule has 2 nitrogen and oxygen atoms in total. The molecule has 0 bridgehead atoms. The van der Waals surface area contributed by atoms with E-state index in [4.69, 9.17) is 0 Å². The number of fused-ring (bicyclic) bond motifs is 6. The maximum atomic E-state index is 2.44. The number of hydrogen-bond donors (Lipinski definition) is 0. The Labute approximate surface area is 335 Å². The molecule has 0 aliphatic rings. The van der Waals surface area contributed by atoms with E-state index in [2.05, 4.69) is 228 Å². The molecule has 2 aromatic heterocycles. The molecule has 268 valence electrons. The lowest BCUT2D eigenvalue weighted by Gasteiger charge is -2.28. The molecule has 0 radical (unpaired) electrons. The number of thiophene rings is 1. The van der Waals surface area contributed by atoms with Gasteiger partial charge in [0.25, 0.3) is 0 Å². The van der Waals surface area contributed by atoms with Crippen LogP contribution in [0.5, 0.6) is 0 Å². The van der Waals surface area contributed by atoms with Crippen LogP contribution >= 0.6 is 11.3 Å². The summed E-state index contributed by atoms with van der Waals surface area (Å²) in [6, 6.07) is 79.2. The van der Waals surface area contributed by atoms with Gasteiger partial charge in [0.2, 0.25) is 0 Å². The zero-order valence-corrected chi connectivity index (χ0v) is 31.9. The summed E-state index contributed by atoms with van der Waals surface area (Å²) in [5, 5.41) is 5.05. The normalized spacial score (nSPS) is 11.5. The minimum absolute atomic E-state index is 1.10. The molecule has 0 fully saturated rings. The highest BCUT2D eigenvalue weighted by Gasteiger charge is 2.23. The van der Waals surface area contributed by atoms with E-state index in [1.54, 1.807) is 0 Å². The molecule has 0 unspecified atom stereocenters. The van der Waals surface area contributed by atoms with E-state index in [0.717, 1.165) is 17.1 Å².